The summed E-state index contributed by atoms with van der Waals surface area (Å²) in [5.41, 5.74) is 5.87. The normalized spacial score (nSPS) is 10.4. The van der Waals surface area contributed by atoms with E-state index in [1.807, 2.05) is 42.5 Å². The molecule has 0 radical (unpaired) electrons. The minimum atomic E-state index is -0.110. The Labute approximate surface area is 116 Å². The van der Waals surface area contributed by atoms with Crippen LogP contribution in [-0.4, -0.2) is 10.8 Å². The maximum absolute atomic E-state index is 7.54. The largest absolute Gasteiger partial charge is 0.454 e. The molecule has 3 rings (SSSR count). The fraction of sp³-hybridized carbons (Fsp3) is 0. The molecule has 0 saturated carbocycles. The standard InChI is InChI=1S/C16H13N3O/c17-16(18)15-14(9-4-10-19-15)20-13-8-3-6-11-5-1-2-7-12(11)13/h1-10H,(H3,17,18). The summed E-state index contributed by atoms with van der Waals surface area (Å²) in [7, 11) is 0. The van der Waals surface area contributed by atoms with Crippen molar-refractivity contribution in [1.29, 1.82) is 5.41 Å². The molecule has 0 saturated heterocycles. The Morgan fingerprint density at radius 1 is 0.950 bits per heavy atom. The molecule has 0 aliphatic heterocycles. The summed E-state index contributed by atoms with van der Waals surface area (Å²) in [5, 5.41) is 9.64. The van der Waals surface area contributed by atoms with Crippen LogP contribution in [0.4, 0.5) is 0 Å². The third-order valence-corrected chi connectivity index (χ3v) is 3.00. The number of nitrogens with one attached hydrogen (secondary N) is 1. The lowest BCUT2D eigenvalue weighted by Crippen LogP contribution is -2.14. The summed E-state index contributed by atoms with van der Waals surface area (Å²) in [6.07, 6.45) is 1.59. The first-order valence-corrected chi connectivity index (χ1v) is 6.21. The van der Waals surface area contributed by atoms with Gasteiger partial charge in [0.15, 0.2) is 5.75 Å². The van der Waals surface area contributed by atoms with Crippen molar-refractivity contribution in [2.24, 2.45) is 5.73 Å². The lowest BCUT2D eigenvalue weighted by atomic mass is 10.1. The monoisotopic (exact) mass is 263 g/mol. The van der Waals surface area contributed by atoms with Crippen LogP contribution in [0.2, 0.25) is 0 Å². The van der Waals surface area contributed by atoms with E-state index in [4.69, 9.17) is 15.9 Å². The molecule has 0 spiro atoms. The molecule has 0 unspecified atom stereocenters. The van der Waals surface area contributed by atoms with E-state index in [-0.39, 0.29) is 5.84 Å². The fourth-order valence-corrected chi connectivity index (χ4v) is 2.08. The van der Waals surface area contributed by atoms with E-state index in [0.29, 0.717) is 11.4 Å². The third-order valence-electron chi connectivity index (χ3n) is 3.00. The number of hydrogen-bond donors (Lipinski definition) is 2. The second kappa shape index (κ2) is 5.01. The summed E-state index contributed by atoms with van der Waals surface area (Å²) in [4.78, 5) is 4.08. The van der Waals surface area contributed by atoms with Gasteiger partial charge in [0.1, 0.15) is 17.3 Å². The van der Waals surface area contributed by atoms with Crippen LogP contribution in [0, 0.1) is 5.41 Å². The average Bonchev–Trinajstić information content (AvgIpc) is 2.48. The maximum Gasteiger partial charge on any atom is 0.156 e. The predicted octanol–water partition coefficient (Wildman–Crippen LogP) is 3.31. The van der Waals surface area contributed by atoms with Crippen molar-refractivity contribution in [1.82, 2.24) is 4.98 Å². The number of amidine groups is 1. The van der Waals surface area contributed by atoms with Crippen molar-refractivity contribution in [3.05, 3.63) is 66.5 Å². The second-order valence-corrected chi connectivity index (χ2v) is 4.34. The van der Waals surface area contributed by atoms with Crippen molar-refractivity contribution in [2.45, 2.75) is 0 Å². The number of hydrogen-bond acceptors (Lipinski definition) is 3. The minimum absolute atomic E-state index is 0.110. The smallest absolute Gasteiger partial charge is 0.156 e. The van der Waals surface area contributed by atoms with E-state index in [2.05, 4.69) is 4.98 Å². The first-order chi connectivity index (χ1) is 9.75. The maximum atomic E-state index is 7.54. The van der Waals surface area contributed by atoms with E-state index < -0.39 is 0 Å². The molecule has 0 aliphatic rings. The van der Waals surface area contributed by atoms with Gasteiger partial charge in [-0.15, -0.1) is 0 Å². The molecule has 0 amide bonds. The van der Waals surface area contributed by atoms with Crippen LogP contribution in [0.15, 0.2) is 60.8 Å². The molecule has 0 aliphatic carbocycles. The molecule has 4 nitrogen and oxygen atoms in total. The Kier molecular flexibility index (Phi) is 3.05. The van der Waals surface area contributed by atoms with Gasteiger partial charge in [0.25, 0.3) is 0 Å². The van der Waals surface area contributed by atoms with Gasteiger partial charge in [-0.25, -0.2) is 4.98 Å². The van der Waals surface area contributed by atoms with Crippen LogP contribution in [0.1, 0.15) is 5.69 Å². The fourth-order valence-electron chi connectivity index (χ4n) is 2.08. The Hall–Kier alpha value is -2.88. The summed E-state index contributed by atoms with van der Waals surface area (Å²) < 4.78 is 5.90. The number of aromatic nitrogens is 1. The Bertz CT molecular complexity index is 778. The van der Waals surface area contributed by atoms with Crippen LogP contribution in [0.5, 0.6) is 11.5 Å². The second-order valence-electron chi connectivity index (χ2n) is 4.34. The van der Waals surface area contributed by atoms with Crippen molar-refractivity contribution in [2.75, 3.05) is 0 Å². The van der Waals surface area contributed by atoms with Gasteiger partial charge in [-0.3, -0.25) is 5.41 Å². The number of nitrogen functional groups attached to an aromatic ring is 1. The number of nitrogens with zero attached hydrogens (tertiary/aromatic N) is 1. The first kappa shape index (κ1) is 12.2. The average molecular weight is 263 g/mol. The third kappa shape index (κ3) is 2.19. The summed E-state index contributed by atoms with van der Waals surface area (Å²) in [6, 6.07) is 17.3. The van der Waals surface area contributed by atoms with Gasteiger partial charge in [0.2, 0.25) is 0 Å². The van der Waals surface area contributed by atoms with Gasteiger partial charge in [-0.05, 0) is 23.6 Å². The van der Waals surface area contributed by atoms with Gasteiger partial charge in [0, 0.05) is 11.6 Å². The van der Waals surface area contributed by atoms with Crippen LogP contribution >= 0.6 is 0 Å². The molecule has 3 N–H and O–H groups in total. The van der Waals surface area contributed by atoms with Gasteiger partial charge in [-0.1, -0.05) is 36.4 Å². The zero-order valence-corrected chi connectivity index (χ0v) is 10.7. The highest BCUT2D eigenvalue weighted by Crippen LogP contribution is 2.30. The molecule has 0 fully saturated rings. The van der Waals surface area contributed by atoms with E-state index in [1.165, 1.54) is 0 Å². The molecule has 98 valence electrons. The van der Waals surface area contributed by atoms with Gasteiger partial charge in [-0.2, -0.15) is 0 Å². The van der Waals surface area contributed by atoms with Gasteiger partial charge >= 0.3 is 0 Å². The molecule has 0 bridgehead atoms. The summed E-state index contributed by atoms with van der Waals surface area (Å²) in [5.74, 6) is 1.09. The highest BCUT2D eigenvalue weighted by atomic mass is 16.5. The summed E-state index contributed by atoms with van der Waals surface area (Å²) >= 11 is 0. The molecule has 20 heavy (non-hydrogen) atoms. The van der Waals surface area contributed by atoms with E-state index in [9.17, 15) is 0 Å². The van der Waals surface area contributed by atoms with Crippen LogP contribution in [0.3, 0.4) is 0 Å². The number of benzene rings is 2. The number of nitrogens with two attached hydrogens (primary N) is 1. The molecule has 1 heterocycles. The topological polar surface area (TPSA) is 72.0 Å². The van der Waals surface area contributed by atoms with Crippen molar-refractivity contribution >= 4 is 16.6 Å². The zero-order chi connectivity index (χ0) is 13.9. The van der Waals surface area contributed by atoms with Crippen molar-refractivity contribution in [3.63, 3.8) is 0 Å². The highest BCUT2D eigenvalue weighted by molar-refractivity contribution is 5.96. The van der Waals surface area contributed by atoms with Crippen molar-refractivity contribution < 1.29 is 4.74 Å². The Balaban J connectivity index is 2.08. The lowest BCUT2D eigenvalue weighted by molar-refractivity contribution is 0.484. The molecule has 3 aromatic rings. The van der Waals surface area contributed by atoms with E-state index in [1.54, 1.807) is 18.3 Å². The SMILES string of the molecule is N=C(N)c1ncccc1Oc1cccc2ccccc12. The lowest BCUT2D eigenvalue weighted by Gasteiger charge is -2.11. The quantitative estimate of drug-likeness (QED) is 0.562. The van der Waals surface area contributed by atoms with Crippen molar-refractivity contribution in [3.8, 4) is 11.5 Å². The number of rotatable bonds is 3. The zero-order valence-electron chi connectivity index (χ0n) is 10.7. The van der Waals surface area contributed by atoms with Crippen LogP contribution in [0.25, 0.3) is 10.8 Å². The molecule has 2 aromatic carbocycles. The number of fused-ring (bicyclic) bond motifs is 1. The van der Waals surface area contributed by atoms with E-state index >= 15 is 0 Å². The minimum Gasteiger partial charge on any atom is -0.454 e. The summed E-state index contributed by atoms with van der Waals surface area (Å²) in [6.45, 7) is 0. The molecule has 0 atom stereocenters. The number of ether oxygens (including phenoxy) is 1. The van der Waals surface area contributed by atoms with E-state index in [0.717, 1.165) is 16.5 Å². The molecule has 1 aromatic heterocycles. The highest BCUT2D eigenvalue weighted by Gasteiger charge is 2.10. The number of pyridine rings is 1. The Morgan fingerprint density at radius 2 is 1.70 bits per heavy atom. The molecular formula is C16H13N3O. The predicted molar refractivity (Wildman–Crippen MR) is 79.3 cm³/mol. The Morgan fingerprint density at radius 3 is 2.55 bits per heavy atom. The van der Waals surface area contributed by atoms with Crippen LogP contribution in [-0.2, 0) is 0 Å². The van der Waals surface area contributed by atoms with Gasteiger partial charge < -0.3 is 10.5 Å². The molecule has 4 heteroatoms. The van der Waals surface area contributed by atoms with Gasteiger partial charge in [0.05, 0.1) is 0 Å². The van der Waals surface area contributed by atoms with Crippen LogP contribution < -0.4 is 10.5 Å². The first-order valence-electron chi connectivity index (χ1n) is 6.21. The molecular weight excluding hydrogens is 250 g/mol.